The zero-order valence-corrected chi connectivity index (χ0v) is 8.84. The lowest BCUT2D eigenvalue weighted by molar-refractivity contribution is 0.0642. The van der Waals surface area contributed by atoms with Gasteiger partial charge in [0.1, 0.15) is 6.10 Å². The van der Waals surface area contributed by atoms with Gasteiger partial charge in [0, 0.05) is 4.88 Å². The van der Waals surface area contributed by atoms with Gasteiger partial charge in [-0.1, -0.05) is 13.8 Å². The van der Waals surface area contributed by atoms with Crippen molar-refractivity contribution >= 4 is 11.3 Å². The molecule has 0 aromatic carbocycles. The van der Waals surface area contributed by atoms with Crippen LogP contribution in [0.5, 0.6) is 0 Å². The van der Waals surface area contributed by atoms with E-state index in [1.54, 1.807) is 11.3 Å². The van der Waals surface area contributed by atoms with Crippen LogP contribution in [0.1, 0.15) is 36.9 Å². The second-order valence-electron chi connectivity index (χ2n) is 4.05. The van der Waals surface area contributed by atoms with E-state index in [0.717, 1.165) is 18.5 Å². The Balaban J connectivity index is 2.27. The highest BCUT2D eigenvalue weighted by Crippen LogP contribution is 2.38. The van der Waals surface area contributed by atoms with Gasteiger partial charge in [-0.2, -0.15) is 0 Å². The number of aliphatic hydroxyl groups is 1. The third-order valence-corrected chi connectivity index (χ3v) is 3.83. The van der Waals surface area contributed by atoms with Gasteiger partial charge in [0.2, 0.25) is 0 Å². The van der Waals surface area contributed by atoms with Crippen molar-refractivity contribution in [3.63, 3.8) is 0 Å². The first-order chi connectivity index (χ1) is 6.20. The van der Waals surface area contributed by atoms with Crippen LogP contribution in [-0.4, -0.2) is 10.1 Å². The molecule has 2 rings (SSSR count). The van der Waals surface area contributed by atoms with Crippen LogP contribution in [0.2, 0.25) is 0 Å². The van der Waals surface area contributed by atoms with Crippen molar-refractivity contribution in [1.82, 2.24) is 4.98 Å². The van der Waals surface area contributed by atoms with Crippen LogP contribution in [0.25, 0.3) is 0 Å². The lowest BCUT2D eigenvalue weighted by Gasteiger charge is -2.29. The number of aliphatic hydroxyl groups excluding tert-OH is 1. The van der Waals surface area contributed by atoms with Gasteiger partial charge in [0.15, 0.2) is 0 Å². The highest BCUT2D eigenvalue weighted by Gasteiger charge is 2.31. The minimum absolute atomic E-state index is 0.324. The molecule has 0 bridgehead atoms. The third kappa shape index (κ3) is 1.51. The Morgan fingerprint density at radius 2 is 2.38 bits per heavy atom. The van der Waals surface area contributed by atoms with Crippen molar-refractivity contribution in [3.05, 3.63) is 16.1 Å². The highest BCUT2D eigenvalue weighted by molar-refractivity contribution is 7.09. The van der Waals surface area contributed by atoms with Crippen LogP contribution in [0.3, 0.4) is 0 Å². The fourth-order valence-corrected chi connectivity index (χ4v) is 2.89. The number of aryl methyl sites for hydroxylation is 1. The number of hydrogen-bond donors (Lipinski definition) is 1. The summed E-state index contributed by atoms with van der Waals surface area (Å²) in [4.78, 5) is 5.52. The van der Waals surface area contributed by atoms with Gasteiger partial charge in [-0.05, 0) is 24.7 Å². The predicted molar refractivity (Wildman–Crippen MR) is 53.7 cm³/mol. The van der Waals surface area contributed by atoms with E-state index in [-0.39, 0.29) is 6.10 Å². The highest BCUT2D eigenvalue weighted by atomic mass is 32.1. The van der Waals surface area contributed by atoms with Crippen molar-refractivity contribution in [1.29, 1.82) is 0 Å². The molecule has 1 heterocycles. The Kier molecular flexibility index (Phi) is 2.39. The zero-order chi connectivity index (χ0) is 9.42. The molecular weight excluding hydrogens is 182 g/mol. The predicted octanol–water partition coefficient (Wildman–Crippen LogP) is 2.39. The molecule has 0 aliphatic heterocycles. The van der Waals surface area contributed by atoms with E-state index in [1.165, 1.54) is 4.88 Å². The molecular formula is C10H15NOS. The number of thiazole rings is 1. The quantitative estimate of drug-likeness (QED) is 0.750. The number of aromatic nitrogens is 1. The van der Waals surface area contributed by atoms with Gasteiger partial charge >= 0.3 is 0 Å². The van der Waals surface area contributed by atoms with Crippen LogP contribution >= 0.6 is 11.3 Å². The van der Waals surface area contributed by atoms with E-state index in [1.807, 2.05) is 5.51 Å². The van der Waals surface area contributed by atoms with Crippen LogP contribution < -0.4 is 0 Å². The summed E-state index contributed by atoms with van der Waals surface area (Å²) in [6.45, 7) is 4.34. The Labute approximate surface area is 82.6 Å². The lowest BCUT2D eigenvalue weighted by Crippen LogP contribution is -2.24. The molecule has 1 aromatic heterocycles. The molecule has 1 aliphatic carbocycles. The van der Waals surface area contributed by atoms with E-state index in [9.17, 15) is 5.11 Å². The molecule has 72 valence electrons. The Hall–Kier alpha value is -0.410. The van der Waals surface area contributed by atoms with E-state index in [0.29, 0.717) is 11.8 Å². The molecule has 2 nitrogen and oxygen atoms in total. The molecule has 0 fully saturated rings. The van der Waals surface area contributed by atoms with Crippen molar-refractivity contribution in [3.8, 4) is 0 Å². The topological polar surface area (TPSA) is 33.1 Å². The molecule has 1 aliphatic rings. The average molecular weight is 197 g/mol. The van der Waals surface area contributed by atoms with Gasteiger partial charge in [-0.3, -0.25) is 0 Å². The Bertz CT molecular complexity index is 295. The molecule has 3 heteroatoms. The number of nitrogens with zero attached hydrogens (tertiary/aromatic N) is 1. The summed E-state index contributed by atoms with van der Waals surface area (Å²) in [5.74, 6) is 0.944. The minimum Gasteiger partial charge on any atom is -0.386 e. The molecule has 0 spiro atoms. The standard InChI is InChI=1S/C10H15NOS/c1-6(2)7-3-4-8-9(10(7)12)11-5-13-8/h5-7,10,12H,3-4H2,1-2H3. The molecule has 2 atom stereocenters. The first-order valence-electron chi connectivity index (χ1n) is 4.80. The molecule has 0 amide bonds. The lowest BCUT2D eigenvalue weighted by atomic mass is 9.81. The maximum absolute atomic E-state index is 10.0. The van der Waals surface area contributed by atoms with Crippen molar-refractivity contribution < 1.29 is 5.11 Å². The van der Waals surface area contributed by atoms with E-state index in [4.69, 9.17) is 0 Å². The first kappa shape index (κ1) is 9.16. The molecule has 0 radical (unpaired) electrons. The van der Waals surface area contributed by atoms with E-state index < -0.39 is 0 Å². The Morgan fingerprint density at radius 1 is 1.62 bits per heavy atom. The fourth-order valence-electron chi connectivity index (χ4n) is 2.06. The van der Waals surface area contributed by atoms with Crippen LogP contribution in [-0.2, 0) is 6.42 Å². The largest absolute Gasteiger partial charge is 0.386 e. The maximum atomic E-state index is 10.0. The van der Waals surface area contributed by atoms with Gasteiger partial charge in [0.25, 0.3) is 0 Å². The van der Waals surface area contributed by atoms with Gasteiger partial charge in [0.05, 0.1) is 11.2 Å². The van der Waals surface area contributed by atoms with Crippen LogP contribution in [0.4, 0.5) is 0 Å². The normalized spacial score (nSPS) is 27.7. The van der Waals surface area contributed by atoms with Crippen LogP contribution in [0.15, 0.2) is 5.51 Å². The summed E-state index contributed by atoms with van der Waals surface area (Å²) in [6.07, 6.45) is 1.88. The van der Waals surface area contributed by atoms with E-state index >= 15 is 0 Å². The number of rotatable bonds is 1. The summed E-state index contributed by atoms with van der Waals surface area (Å²) >= 11 is 1.67. The van der Waals surface area contributed by atoms with Gasteiger partial charge in [-0.15, -0.1) is 11.3 Å². The summed E-state index contributed by atoms with van der Waals surface area (Å²) in [5.41, 5.74) is 2.78. The number of hydrogen-bond acceptors (Lipinski definition) is 3. The molecule has 0 saturated heterocycles. The fraction of sp³-hybridized carbons (Fsp3) is 0.700. The van der Waals surface area contributed by atoms with E-state index in [2.05, 4.69) is 18.8 Å². The summed E-state index contributed by atoms with van der Waals surface area (Å²) in [7, 11) is 0. The smallest absolute Gasteiger partial charge is 0.100 e. The average Bonchev–Trinajstić information content (AvgIpc) is 2.52. The van der Waals surface area contributed by atoms with Crippen LogP contribution in [0, 0.1) is 11.8 Å². The molecule has 1 aromatic rings. The van der Waals surface area contributed by atoms with Crippen molar-refractivity contribution in [2.45, 2.75) is 32.8 Å². The SMILES string of the molecule is CC(C)C1CCc2scnc2C1O. The first-order valence-corrected chi connectivity index (χ1v) is 5.68. The minimum atomic E-state index is -0.324. The van der Waals surface area contributed by atoms with Crippen molar-refractivity contribution in [2.24, 2.45) is 11.8 Å². The molecule has 0 saturated carbocycles. The summed E-state index contributed by atoms with van der Waals surface area (Å²) in [6, 6.07) is 0. The summed E-state index contributed by atoms with van der Waals surface area (Å²) < 4.78 is 0. The monoisotopic (exact) mass is 197 g/mol. The second kappa shape index (κ2) is 3.39. The second-order valence-corrected chi connectivity index (χ2v) is 4.99. The summed E-state index contributed by atoms with van der Waals surface area (Å²) in [5, 5.41) is 10.0. The number of fused-ring (bicyclic) bond motifs is 1. The van der Waals surface area contributed by atoms with Crippen molar-refractivity contribution in [2.75, 3.05) is 0 Å². The maximum Gasteiger partial charge on any atom is 0.100 e. The molecule has 13 heavy (non-hydrogen) atoms. The molecule has 1 N–H and O–H groups in total. The van der Waals surface area contributed by atoms with Gasteiger partial charge < -0.3 is 5.11 Å². The Morgan fingerprint density at radius 3 is 3.08 bits per heavy atom. The van der Waals surface area contributed by atoms with Gasteiger partial charge in [-0.25, -0.2) is 4.98 Å². The zero-order valence-electron chi connectivity index (χ0n) is 8.03. The third-order valence-electron chi connectivity index (χ3n) is 2.92. The molecule has 2 unspecified atom stereocenters.